The molecule has 2 N–H and O–H groups in total. The number of carbonyl (C=O) groups excluding carboxylic acids is 1. The second-order valence-corrected chi connectivity index (χ2v) is 6.59. The third-order valence-corrected chi connectivity index (χ3v) is 4.00. The highest BCUT2D eigenvalue weighted by molar-refractivity contribution is 5.87. The summed E-state index contributed by atoms with van der Waals surface area (Å²) in [6.07, 6.45) is -0.861. The fraction of sp³-hybridized carbons (Fsp3) is 0.381. The number of hydrogen-bond donors (Lipinski definition) is 2. The first-order chi connectivity index (χ1) is 12.0. The van der Waals surface area contributed by atoms with Gasteiger partial charge >= 0.3 is 0 Å². The van der Waals surface area contributed by atoms with E-state index in [2.05, 4.69) is 0 Å². The van der Waals surface area contributed by atoms with Crippen LogP contribution in [-0.2, 0) is 11.2 Å². The van der Waals surface area contributed by atoms with Crippen molar-refractivity contribution < 1.29 is 15.0 Å². The van der Waals surface area contributed by atoms with Crippen LogP contribution in [0.1, 0.15) is 31.0 Å². The summed E-state index contributed by atoms with van der Waals surface area (Å²) < 4.78 is 0. The molecule has 134 valence electrons. The SMILES string of the molecule is C[C@H](O)CN(C[C@@H](C)O)[C@H](C(=O)Cc1ccccc1)c1ccccc1. The largest absolute Gasteiger partial charge is 0.392 e. The van der Waals surface area contributed by atoms with Crippen LogP contribution in [-0.4, -0.2) is 46.2 Å². The molecular weight excluding hydrogens is 314 g/mol. The Labute approximate surface area is 149 Å². The lowest BCUT2D eigenvalue weighted by Gasteiger charge is -2.33. The molecule has 0 heterocycles. The van der Waals surface area contributed by atoms with Crippen molar-refractivity contribution in [3.8, 4) is 0 Å². The van der Waals surface area contributed by atoms with E-state index in [0.717, 1.165) is 11.1 Å². The molecule has 2 aromatic carbocycles. The Balaban J connectivity index is 2.32. The smallest absolute Gasteiger partial charge is 0.158 e. The number of hydrogen-bond acceptors (Lipinski definition) is 4. The van der Waals surface area contributed by atoms with Gasteiger partial charge in [-0.15, -0.1) is 0 Å². The van der Waals surface area contributed by atoms with Gasteiger partial charge < -0.3 is 10.2 Å². The standard InChI is InChI=1S/C21H27NO3/c1-16(23)14-22(15-17(2)24)21(19-11-7-4-8-12-19)20(25)13-18-9-5-3-6-10-18/h3-12,16-17,21,23-24H,13-15H2,1-2H3/t16-,17+,21-/m0/s1. The van der Waals surface area contributed by atoms with Gasteiger partial charge in [0.1, 0.15) is 0 Å². The Hall–Kier alpha value is -2.01. The minimum Gasteiger partial charge on any atom is -0.392 e. The zero-order valence-electron chi connectivity index (χ0n) is 14.9. The average Bonchev–Trinajstić information content (AvgIpc) is 2.55. The molecule has 0 spiro atoms. The molecule has 0 unspecified atom stereocenters. The molecule has 0 aliphatic heterocycles. The lowest BCUT2D eigenvalue weighted by molar-refractivity contribution is -0.125. The van der Waals surface area contributed by atoms with Crippen molar-refractivity contribution in [3.05, 3.63) is 71.8 Å². The first kappa shape index (κ1) is 19.3. The van der Waals surface area contributed by atoms with Gasteiger partial charge in [-0.3, -0.25) is 9.69 Å². The topological polar surface area (TPSA) is 60.8 Å². The first-order valence-electron chi connectivity index (χ1n) is 8.69. The van der Waals surface area contributed by atoms with E-state index in [0.29, 0.717) is 19.5 Å². The molecule has 0 saturated heterocycles. The summed E-state index contributed by atoms with van der Waals surface area (Å²) in [5.74, 6) is 0.0544. The van der Waals surface area contributed by atoms with Crippen LogP contribution in [0.2, 0.25) is 0 Å². The van der Waals surface area contributed by atoms with Gasteiger partial charge in [0.2, 0.25) is 0 Å². The van der Waals surface area contributed by atoms with Crippen LogP contribution in [0, 0.1) is 0 Å². The number of benzene rings is 2. The van der Waals surface area contributed by atoms with Gasteiger partial charge in [0, 0.05) is 19.5 Å². The highest BCUT2D eigenvalue weighted by atomic mass is 16.3. The summed E-state index contributed by atoms with van der Waals surface area (Å²) in [6.45, 7) is 4.04. The number of nitrogens with zero attached hydrogens (tertiary/aromatic N) is 1. The summed E-state index contributed by atoms with van der Waals surface area (Å²) in [5.41, 5.74) is 1.84. The molecule has 0 bridgehead atoms. The molecule has 2 aromatic rings. The highest BCUT2D eigenvalue weighted by Gasteiger charge is 2.29. The lowest BCUT2D eigenvalue weighted by Crippen LogP contribution is -2.42. The van der Waals surface area contributed by atoms with Gasteiger partial charge in [-0.2, -0.15) is 0 Å². The Morgan fingerprint density at radius 2 is 1.36 bits per heavy atom. The van der Waals surface area contributed by atoms with Gasteiger partial charge in [0.25, 0.3) is 0 Å². The number of ketones is 1. The molecule has 3 atom stereocenters. The summed E-state index contributed by atoms with van der Waals surface area (Å²) >= 11 is 0. The van der Waals surface area contributed by atoms with Crippen molar-refractivity contribution in [2.24, 2.45) is 0 Å². The highest BCUT2D eigenvalue weighted by Crippen LogP contribution is 2.24. The van der Waals surface area contributed by atoms with Crippen LogP contribution in [0.3, 0.4) is 0 Å². The van der Waals surface area contributed by atoms with Gasteiger partial charge in [0.15, 0.2) is 5.78 Å². The summed E-state index contributed by atoms with van der Waals surface area (Å²) in [5, 5.41) is 19.7. The second kappa shape index (κ2) is 9.47. The quantitative estimate of drug-likeness (QED) is 0.736. The van der Waals surface area contributed by atoms with Crippen LogP contribution in [0.15, 0.2) is 60.7 Å². The molecule has 25 heavy (non-hydrogen) atoms. The molecule has 2 rings (SSSR count). The van der Waals surface area contributed by atoms with E-state index >= 15 is 0 Å². The van der Waals surface area contributed by atoms with Crippen molar-refractivity contribution in [3.63, 3.8) is 0 Å². The minimum atomic E-state index is -0.588. The van der Waals surface area contributed by atoms with E-state index in [1.807, 2.05) is 65.6 Å². The predicted octanol–water partition coefficient (Wildman–Crippen LogP) is 2.60. The number of Topliss-reactive ketones (excluding diaryl/α,β-unsaturated/α-hetero) is 1. The Morgan fingerprint density at radius 3 is 1.84 bits per heavy atom. The van der Waals surface area contributed by atoms with Crippen molar-refractivity contribution in [2.45, 2.75) is 38.5 Å². The molecule has 0 aromatic heterocycles. The van der Waals surface area contributed by atoms with Gasteiger partial charge in [-0.25, -0.2) is 0 Å². The molecular formula is C21H27NO3. The lowest BCUT2D eigenvalue weighted by atomic mass is 9.95. The van der Waals surface area contributed by atoms with Crippen LogP contribution in [0.25, 0.3) is 0 Å². The van der Waals surface area contributed by atoms with Crippen molar-refractivity contribution in [1.29, 1.82) is 0 Å². The molecule has 4 nitrogen and oxygen atoms in total. The van der Waals surface area contributed by atoms with E-state index < -0.39 is 18.2 Å². The number of carbonyl (C=O) groups is 1. The molecule has 0 amide bonds. The summed E-state index contributed by atoms with van der Waals surface area (Å²) in [4.78, 5) is 15.0. The number of aliphatic hydroxyl groups excluding tert-OH is 2. The average molecular weight is 341 g/mol. The third kappa shape index (κ3) is 6.09. The Morgan fingerprint density at radius 1 is 0.880 bits per heavy atom. The van der Waals surface area contributed by atoms with E-state index in [1.165, 1.54) is 0 Å². The van der Waals surface area contributed by atoms with E-state index in [-0.39, 0.29) is 5.78 Å². The van der Waals surface area contributed by atoms with Crippen molar-refractivity contribution in [2.75, 3.05) is 13.1 Å². The fourth-order valence-electron chi connectivity index (χ4n) is 3.09. The molecule has 0 aliphatic carbocycles. The van der Waals surface area contributed by atoms with Gasteiger partial charge in [-0.05, 0) is 25.0 Å². The Kier molecular flexibility index (Phi) is 7.31. The molecule has 0 saturated carbocycles. The van der Waals surface area contributed by atoms with E-state index in [1.54, 1.807) is 13.8 Å². The van der Waals surface area contributed by atoms with Crippen LogP contribution >= 0.6 is 0 Å². The van der Waals surface area contributed by atoms with Gasteiger partial charge in [-0.1, -0.05) is 60.7 Å². The fourth-order valence-corrected chi connectivity index (χ4v) is 3.09. The van der Waals surface area contributed by atoms with E-state index in [9.17, 15) is 15.0 Å². The van der Waals surface area contributed by atoms with Gasteiger partial charge in [0.05, 0.1) is 18.2 Å². The molecule has 0 aliphatic rings. The first-order valence-corrected chi connectivity index (χ1v) is 8.69. The monoisotopic (exact) mass is 341 g/mol. The Bertz CT molecular complexity index is 631. The summed E-state index contributed by atoms with van der Waals surface area (Å²) in [6, 6.07) is 18.7. The second-order valence-electron chi connectivity index (χ2n) is 6.59. The van der Waals surface area contributed by atoms with E-state index in [4.69, 9.17) is 0 Å². The maximum absolute atomic E-state index is 13.1. The van der Waals surface area contributed by atoms with Crippen LogP contribution < -0.4 is 0 Å². The zero-order chi connectivity index (χ0) is 18.2. The minimum absolute atomic E-state index is 0.0544. The predicted molar refractivity (Wildman–Crippen MR) is 99.3 cm³/mol. The maximum Gasteiger partial charge on any atom is 0.158 e. The summed E-state index contributed by atoms with van der Waals surface area (Å²) in [7, 11) is 0. The van der Waals surface area contributed by atoms with Crippen LogP contribution in [0.5, 0.6) is 0 Å². The third-order valence-electron chi connectivity index (χ3n) is 4.00. The molecule has 0 fully saturated rings. The number of rotatable bonds is 9. The maximum atomic E-state index is 13.1. The van der Waals surface area contributed by atoms with Crippen LogP contribution in [0.4, 0.5) is 0 Å². The zero-order valence-corrected chi connectivity index (χ0v) is 14.9. The molecule has 4 heteroatoms. The molecule has 0 radical (unpaired) electrons. The normalized spacial score (nSPS) is 14.9. The number of aliphatic hydroxyl groups is 2. The van der Waals surface area contributed by atoms with Crippen molar-refractivity contribution in [1.82, 2.24) is 4.90 Å². The van der Waals surface area contributed by atoms with Crippen molar-refractivity contribution >= 4 is 5.78 Å².